The molecule has 0 aliphatic rings. The highest BCUT2D eigenvalue weighted by Crippen LogP contribution is 2.28. The molecule has 1 N–H and O–H groups in total. The Labute approximate surface area is 244 Å². The van der Waals surface area contributed by atoms with Crippen LogP contribution in [0.15, 0.2) is 90.0 Å². The van der Waals surface area contributed by atoms with Crippen LogP contribution < -0.4 is 10.9 Å². The molecular formula is C31H24ClN3O5S. The highest BCUT2D eigenvalue weighted by atomic mass is 35.5. The van der Waals surface area contributed by atoms with Gasteiger partial charge in [0.05, 0.1) is 24.0 Å². The van der Waals surface area contributed by atoms with Gasteiger partial charge < -0.3 is 10.1 Å². The minimum atomic E-state index is -0.536. The predicted octanol–water partition coefficient (Wildman–Crippen LogP) is 5.69. The Morgan fingerprint density at radius 2 is 1.71 bits per heavy atom. The first-order chi connectivity index (χ1) is 19.8. The van der Waals surface area contributed by atoms with E-state index in [0.717, 1.165) is 21.5 Å². The predicted molar refractivity (Wildman–Crippen MR) is 159 cm³/mol. The third-order valence-electron chi connectivity index (χ3n) is 6.42. The monoisotopic (exact) mass is 585 g/mol. The Balaban J connectivity index is 1.32. The Bertz CT molecular complexity index is 1820. The zero-order valence-electron chi connectivity index (χ0n) is 21.9. The average molecular weight is 586 g/mol. The fourth-order valence-corrected chi connectivity index (χ4v) is 5.55. The van der Waals surface area contributed by atoms with Crippen LogP contribution in [-0.2, 0) is 22.5 Å². The third-order valence-corrected chi connectivity index (χ3v) is 7.83. The first-order valence-electron chi connectivity index (χ1n) is 12.7. The smallest absolute Gasteiger partial charge is 0.348 e. The number of fused-ring (bicyclic) bond motifs is 1. The molecule has 2 aromatic heterocycles. The number of aryl methyl sites for hydroxylation is 1. The number of anilines is 1. The van der Waals surface area contributed by atoms with E-state index in [4.69, 9.17) is 16.3 Å². The maximum Gasteiger partial charge on any atom is 0.348 e. The largest absolute Gasteiger partial charge is 0.461 e. The number of amides is 1. The molecule has 0 saturated carbocycles. The minimum absolute atomic E-state index is 0.202. The van der Waals surface area contributed by atoms with Crippen LogP contribution in [0.3, 0.4) is 0 Å². The number of aromatic nitrogens is 2. The van der Waals surface area contributed by atoms with Crippen LogP contribution in [0.4, 0.5) is 5.69 Å². The van der Waals surface area contributed by atoms with Crippen LogP contribution in [0, 0.1) is 6.92 Å². The zero-order valence-corrected chi connectivity index (χ0v) is 23.5. The highest BCUT2D eigenvalue weighted by molar-refractivity contribution is 7.20. The highest BCUT2D eigenvalue weighted by Gasteiger charge is 2.22. The molecule has 0 bridgehead atoms. The van der Waals surface area contributed by atoms with Crippen molar-refractivity contribution in [1.82, 2.24) is 9.55 Å². The molecule has 0 aliphatic carbocycles. The SMILES string of the molecule is Cc1c(C(=O)OCCc2ccccc2)sc2ncn(CC(=O)Nc3ccc(Cl)cc3C(=O)c3ccccc3)c(=O)c12. The van der Waals surface area contributed by atoms with E-state index in [-0.39, 0.29) is 35.6 Å². The normalized spacial score (nSPS) is 10.9. The minimum Gasteiger partial charge on any atom is -0.461 e. The molecule has 0 aliphatic heterocycles. The molecule has 10 heteroatoms. The molecule has 5 rings (SSSR count). The number of halogens is 1. The van der Waals surface area contributed by atoms with Gasteiger partial charge in [-0.1, -0.05) is 72.3 Å². The van der Waals surface area contributed by atoms with E-state index in [1.165, 1.54) is 12.4 Å². The first-order valence-corrected chi connectivity index (χ1v) is 13.9. The standard InChI is InChI=1S/C31H24ClN3O5S/c1-19-26-29(41-28(19)31(39)40-15-14-20-8-4-2-5-9-20)33-18-35(30(26)38)17-25(36)34-24-13-12-22(32)16-23(24)27(37)21-10-6-3-7-11-21/h2-13,16,18H,14-15,17H2,1H3,(H,34,36). The van der Waals surface area contributed by atoms with E-state index in [2.05, 4.69) is 10.3 Å². The molecule has 0 fully saturated rings. The lowest BCUT2D eigenvalue weighted by atomic mass is 10.0. The summed E-state index contributed by atoms with van der Waals surface area (Å²) in [6.45, 7) is 1.51. The number of esters is 1. The molecule has 2 heterocycles. The van der Waals surface area contributed by atoms with Gasteiger partial charge in [-0.15, -0.1) is 11.3 Å². The molecule has 0 radical (unpaired) electrons. The Morgan fingerprint density at radius 3 is 2.44 bits per heavy atom. The van der Waals surface area contributed by atoms with Gasteiger partial charge in [-0.25, -0.2) is 9.78 Å². The van der Waals surface area contributed by atoms with Crippen molar-refractivity contribution in [3.8, 4) is 0 Å². The van der Waals surface area contributed by atoms with E-state index in [9.17, 15) is 19.2 Å². The van der Waals surface area contributed by atoms with Crippen molar-refractivity contribution >= 4 is 56.5 Å². The van der Waals surface area contributed by atoms with Crippen molar-refractivity contribution in [3.63, 3.8) is 0 Å². The number of ether oxygens (including phenoxy) is 1. The molecule has 3 aromatic carbocycles. The summed E-state index contributed by atoms with van der Waals surface area (Å²) in [5, 5.41) is 3.31. The van der Waals surface area contributed by atoms with Gasteiger partial charge in [0.25, 0.3) is 5.56 Å². The number of nitrogens with one attached hydrogen (secondary N) is 1. The molecule has 0 saturated heterocycles. The molecule has 0 atom stereocenters. The van der Waals surface area contributed by atoms with Crippen molar-refractivity contribution in [2.75, 3.05) is 11.9 Å². The van der Waals surface area contributed by atoms with E-state index < -0.39 is 17.4 Å². The number of rotatable bonds is 9. The molecule has 206 valence electrons. The lowest BCUT2D eigenvalue weighted by Crippen LogP contribution is -2.28. The van der Waals surface area contributed by atoms with Crippen molar-refractivity contribution in [3.05, 3.63) is 128 Å². The molecule has 1 amide bonds. The quantitative estimate of drug-likeness (QED) is 0.176. The second kappa shape index (κ2) is 12.3. The van der Waals surface area contributed by atoms with Gasteiger partial charge in [-0.05, 0) is 36.2 Å². The maximum absolute atomic E-state index is 13.3. The summed E-state index contributed by atoms with van der Waals surface area (Å²) in [6.07, 6.45) is 1.84. The van der Waals surface area contributed by atoms with Gasteiger partial charge in [0, 0.05) is 22.6 Å². The fraction of sp³-hybridized carbons (Fsp3) is 0.129. The maximum atomic E-state index is 13.3. The number of hydrogen-bond acceptors (Lipinski definition) is 7. The van der Waals surface area contributed by atoms with Crippen LogP contribution in [0.1, 0.15) is 36.7 Å². The second-order valence-electron chi connectivity index (χ2n) is 9.22. The van der Waals surface area contributed by atoms with Crippen LogP contribution >= 0.6 is 22.9 Å². The van der Waals surface area contributed by atoms with Crippen LogP contribution in [0.5, 0.6) is 0 Å². The Hall–Kier alpha value is -4.60. The van der Waals surface area contributed by atoms with Gasteiger partial charge in [-0.2, -0.15) is 0 Å². The van der Waals surface area contributed by atoms with Crippen molar-refractivity contribution in [2.24, 2.45) is 0 Å². The van der Waals surface area contributed by atoms with Gasteiger partial charge in [0.1, 0.15) is 16.3 Å². The Kier molecular flexibility index (Phi) is 8.37. The van der Waals surface area contributed by atoms with E-state index in [1.54, 1.807) is 49.4 Å². The lowest BCUT2D eigenvalue weighted by molar-refractivity contribution is -0.116. The number of thiophene rings is 1. The van der Waals surface area contributed by atoms with Crippen molar-refractivity contribution in [2.45, 2.75) is 19.9 Å². The average Bonchev–Trinajstić information content (AvgIpc) is 3.33. The molecule has 0 spiro atoms. The van der Waals surface area contributed by atoms with Gasteiger partial charge in [0.2, 0.25) is 5.91 Å². The lowest BCUT2D eigenvalue weighted by Gasteiger charge is -2.12. The third kappa shape index (κ3) is 6.26. The van der Waals surface area contributed by atoms with E-state index in [0.29, 0.717) is 32.3 Å². The number of hydrogen-bond donors (Lipinski definition) is 1. The molecular weight excluding hydrogens is 562 g/mol. The number of nitrogens with zero attached hydrogens (tertiary/aromatic N) is 2. The first kappa shape index (κ1) is 27.9. The van der Waals surface area contributed by atoms with Crippen LogP contribution in [0.25, 0.3) is 10.2 Å². The fourth-order valence-electron chi connectivity index (χ4n) is 4.34. The second-order valence-corrected chi connectivity index (χ2v) is 10.7. The van der Waals surface area contributed by atoms with Crippen molar-refractivity contribution in [1.29, 1.82) is 0 Å². The Morgan fingerprint density at radius 1 is 1.00 bits per heavy atom. The molecule has 41 heavy (non-hydrogen) atoms. The number of ketones is 1. The number of benzene rings is 3. The van der Waals surface area contributed by atoms with Gasteiger partial charge in [0.15, 0.2) is 5.78 Å². The van der Waals surface area contributed by atoms with Gasteiger partial charge in [-0.3, -0.25) is 19.0 Å². The summed E-state index contributed by atoms with van der Waals surface area (Å²) >= 11 is 7.21. The molecule has 8 nitrogen and oxygen atoms in total. The van der Waals surface area contributed by atoms with Gasteiger partial charge >= 0.3 is 5.97 Å². The van der Waals surface area contributed by atoms with Crippen LogP contribution in [-0.4, -0.2) is 33.8 Å². The topological polar surface area (TPSA) is 107 Å². The summed E-state index contributed by atoms with van der Waals surface area (Å²) in [6, 6.07) is 22.9. The summed E-state index contributed by atoms with van der Waals surface area (Å²) in [4.78, 5) is 57.1. The van der Waals surface area contributed by atoms with Crippen LogP contribution in [0.2, 0.25) is 5.02 Å². The summed E-state index contributed by atoms with van der Waals surface area (Å²) in [5.41, 5.74) is 1.98. The van der Waals surface area contributed by atoms with Crippen molar-refractivity contribution < 1.29 is 19.1 Å². The molecule has 0 unspecified atom stereocenters. The summed E-state index contributed by atoms with van der Waals surface area (Å²) < 4.78 is 6.61. The zero-order chi connectivity index (χ0) is 28.9. The molecule has 5 aromatic rings. The van der Waals surface area contributed by atoms with E-state index >= 15 is 0 Å². The van der Waals surface area contributed by atoms with E-state index in [1.807, 2.05) is 30.3 Å². The number of carbonyl (C=O) groups excluding carboxylic acids is 3. The summed E-state index contributed by atoms with van der Waals surface area (Å²) in [7, 11) is 0. The number of carbonyl (C=O) groups is 3. The summed E-state index contributed by atoms with van der Waals surface area (Å²) in [5.74, 6) is -1.37.